The number of thiazole rings is 1. The molecule has 0 saturated heterocycles. The van der Waals surface area contributed by atoms with Crippen molar-refractivity contribution in [3.05, 3.63) is 60.3 Å². The average molecular weight is 412 g/mol. The van der Waals surface area contributed by atoms with Gasteiger partial charge in [-0.15, -0.1) is 11.3 Å². The molecule has 2 aromatic heterocycles. The van der Waals surface area contributed by atoms with Crippen LogP contribution < -0.4 is 4.74 Å². The molecule has 2 aromatic carbocycles. The summed E-state index contributed by atoms with van der Waals surface area (Å²) >= 11 is 2.93. The summed E-state index contributed by atoms with van der Waals surface area (Å²) < 4.78 is 17.8. The Labute approximate surface area is 169 Å². The van der Waals surface area contributed by atoms with E-state index < -0.39 is 0 Å². The van der Waals surface area contributed by atoms with Gasteiger partial charge in [-0.1, -0.05) is 41.2 Å². The van der Waals surface area contributed by atoms with Crippen LogP contribution in [0.3, 0.4) is 0 Å². The summed E-state index contributed by atoms with van der Waals surface area (Å²) in [5, 5.41) is 3.96. The molecule has 8 heteroatoms. The summed E-state index contributed by atoms with van der Waals surface area (Å²) in [5.41, 5.74) is 2.34. The van der Waals surface area contributed by atoms with Gasteiger partial charge in [0.05, 0.1) is 23.1 Å². The van der Waals surface area contributed by atoms with E-state index in [0.29, 0.717) is 11.5 Å². The lowest BCUT2D eigenvalue weighted by Gasteiger charge is -2.01. The minimum Gasteiger partial charge on any atom is -0.497 e. The normalized spacial score (nSPS) is 10.9. The van der Waals surface area contributed by atoms with Crippen LogP contribution in [0.1, 0.15) is 5.69 Å². The molecule has 0 fully saturated rings. The van der Waals surface area contributed by atoms with E-state index in [9.17, 15) is 4.79 Å². The van der Waals surface area contributed by atoms with Gasteiger partial charge < -0.3 is 14.0 Å². The molecule has 0 amide bonds. The SMILES string of the molecule is COc1cccc(-c2cc(COC(=O)CSc3nc4ccccc4s3)no2)c1. The van der Waals surface area contributed by atoms with Gasteiger partial charge in [-0.2, -0.15) is 0 Å². The van der Waals surface area contributed by atoms with Gasteiger partial charge in [-0.25, -0.2) is 4.98 Å². The van der Waals surface area contributed by atoms with Crippen LogP contribution in [0.4, 0.5) is 0 Å². The molecule has 0 saturated carbocycles. The molecule has 0 atom stereocenters. The number of methoxy groups -OCH3 is 1. The second kappa shape index (κ2) is 8.45. The number of aromatic nitrogens is 2. The molecule has 0 bridgehead atoms. The van der Waals surface area contributed by atoms with Gasteiger partial charge in [0.25, 0.3) is 0 Å². The zero-order valence-corrected chi connectivity index (χ0v) is 16.6. The number of carbonyl (C=O) groups is 1. The van der Waals surface area contributed by atoms with Crippen molar-refractivity contribution in [3.8, 4) is 17.1 Å². The lowest BCUT2D eigenvalue weighted by atomic mass is 10.1. The van der Waals surface area contributed by atoms with Gasteiger partial charge >= 0.3 is 5.97 Å². The first-order valence-corrected chi connectivity index (χ1v) is 10.3. The number of rotatable bonds is 7. The highest BCUT2D eigenvalue weighted by atomic mass is 32.2. The number of thioether (sulfide) groups is 1. The van der Waals surface area contributed by atoms with Crippen molar-refractivity contribution in [2.75, 3.05) is 12.9 Å². The Bertz CT molecular complexity index is 1070. The maximum absolute atomic E-state index is 12.0. The van der Waals surface area contributed by atoms with Gasteiger partial charge in [0, 0.05) is 11.6 Å². The van der Waals surface area contributed by atoms with Crippen LogP contribution in [-0.2, 0) is 16.1 Å². The zero-order chi connectivity index (χ0) is 19.3. The molecule has 0 spiro atoms. The van der Waals surface area contributed by atoms with E-state index in [4.69, 9.17) is 14.0 Å². The number of nitrogens with zero attached hydrogens (tertiary/aromatic N) is 2. The maximum Gasteiger partial charge on any atom is 0.316 e. The van der Waals surface area contributed by atoms with E-state index in [0.717, 1.165) is 25.9 Å². The first kappa shape index (κ1) is 18.5. The predicted octanol–water partition coefficient (Wildman–Crippen LogP) is 4.80. The van der Waals surface area contributed by atoms with Crippen LogP contribution in [-0.4, -0.2) is 29.0 Å². The van der Waals surface area contributed by atoms with Crippen molar-refractivity contribution in [3.63, 3.8) is 0 Å². The zero-order valence-electron chi connectivity index (χ0n) is 15.0. The predicted molar refractivity (Wildman–Crippen MR) is 109 cm³/mol. The molecule has 0 aliphatic heterocycles. The molecular formula is C20H16N2O4S2. The molecule has 0 radical (unpaired) electrons. The molecule has 142 valence electrons. The molecular weight excluding hydrogens is 396 g/mol. The van der Waals surface area contributed by atoms with Crippen LogP contribution in [0.5, 0.6) is 5.75 Å². The number of hydrogen-bond donors (Lipinski definition) is 0. The quantitative estimate of drug-likeness (QED) is 0.319. The Hall–Kier alpha value is -2.84. The lowest BCUT2D eigenvalue weighted by Crippen LogP contribution is -2.07. The topological polar surface area (TPSA) is 74.5 Å². The van der Waals surface area contributed by atoms with Crippen molar-refractivity contribution in [1.29, 1.82) is 0 Å². The maximum atomic E-state index is 12.0. The number of hydrogen-bond acceptors (Lipinski definition) is 8. The minimum atomic E-state index is -0.324. The second-order valence-electron chi connectivity index (χ2n) is 5.81. The standard InChI is InChI=1S/C20H16N2O4S2/c1-24-15-6-4-5-13(9-15)17-10-14(22-26-17)11-25-19(23)12-27-20-21-16-7-2-3-8-18(16)28-20/h2-10H,11-12H2,1H3. The van der Waals surface area contributed by atoms with Crippen molar-refractivity contribution in [1.82, 2.24) is 10.1 Å². The van der Waals surface area contributed by atoms with Gasteiger partial charge in [-0.05, 0) is 24.3 Å². The van der Waals surface area contributed by atoms with Crippen LogP contribution in [0.2, 0.25) is 0 Å². The largest absolute Gasteiger partial charge is 0.497 e. The number of esters is 1. The van der Waals surface area contributed by atoms with Gasteiger partial charge in [0.2, 0.25) is 0 Å². The highest BCUT2D eigenvalue weighted by Gasteiger charge is 2.12. The number of benzene rings is 2. The first-order chi connectivity index (χ1) is 13.7. The molecule has 28 heavy (non-hydrogen) atoms. The van der Waals surface area contributed by atoms with Gasteiger partial charge in [-0.3, -0.25) is 4.79 Å². The Morgan fingerprint density at radius 3 is 2.93 bits per heavy atom. The van der Waals surface area contributed by atoms with Crippen molar-refractivity contribution in [2.45, 2.75) is 10.9 Å². The molecule has 0 aliphatic rings. The third-order valence-corrected chi connectivity index (χ3v) is 6.03. The van der Waals surface area contributed by atoms with Gasteiger partial charge in [0.1, 0.15) is 18.1 Å². The Balaban J connectivity index is 1.30. The summed E-state index contributed by atoms with van der Waals surface area (Å²) in [4.78, 5) is 16.5. The second-order valence-corrected chi connectivity index (χ2v) is 8.06. The summed E-state index contributed by atoms with van der Waals surface area (Å²) in [7, 11) is 1.61. The molecule has 0 N–H and O–H groups in total. The summed E-state index contributed by atoms with van der Waals surface area (Å²) in [6.07, 6.45) is 0. The highest BCUT2D eigenvalue weighted by Crippen LogP contribution is 2.29. The summed E-state index contributed by atoms with van der Waals surface area (Å²) in [6.45, 7) is 0.0622. The number of carbonyl (C=O) groups excluding carboxylic acids is 1. The van der Waals surface area contributed by atoms with Crippen molar-refractivity contribution in [2.24, 2.45) is 0 Å². The van der Waals surface area contributed by atoms with Gasteiger partial charge in [0.15, 0.2) is 10.1 Å². The van der Waals surface area contributed by atoms with E-state index in [1.807, 2.05) is 48.5 Å². The van der Waals surface area contributed by atoms with Crippen molar-refractivity contribution >= 4 is 39.3 Å². The van der Waals surface area contributed by atoms with E-state index in [1.54, 1.807) is 24.5 Å². The average Bonchev–Trinajstić information content (AvgIpc) is 3.37. The summed E-state index contributed by atoms with van der Waals surface area (Å²) in [6, 6.07) is 17.1. The van der Waals surface area contributed by atoms with Crippen LogP contribution in [0, 0.1) is 0 Å². The molecule has 6 nitrogen and oxygen atoms in total. The fourth-order valence-corrected chi connectivity index (χ4v) is 4.39. The number of para-hydroxylation sites is 1. The van der Waals surface area contributed by atoms with Crippen LogP contribution in [0.15, 0.2) is 63.5 Å². The lowest BCUT2D eigenvalue weighted by molar-refractivity contribution is -0.141. The van der Waals surface area contributed by atoms with Crippen LogP contribution in [0.25, 0.3) is 21.5 Å². The fourth-order valence-electron chi connectivity index (χ4n) is 2.52. The van der Waals surface area contributed by atoms with E-state index in [2.05, 4.69) is 10.1 Å². The highest BCUT2D eigenvalue weighted by molar-refractivity contribution is 8.01. The van der Waals surface area contributed by atoms with Crippen molar-refractivity contribution < 1.29 is 18.8 Å². The van der Waals surface area contributed by atoms with E-state index in [-0.39, 0.29) is 18.3 Å². The van der Waals surface area contributed by atoms with E-state index >= 15 is 0 Å². The Morgan fingerprint density at radius 1 is 1.18 bits per heavy atom. The monoisotopic (exact) mass is 412 g/mol. The summed E-state index contributed by atoms with van der Waals surface area (Å²) in [5.74, 6) is 1.19. The minimum absolute atomic E-state index is 0.0622. The first-order valence-electron chi connectivity index (χ1n) is 8.45. The molecule has 0 unspecified atom stereocenters. The van der Waals surface area contributed by atoms with Crippen LogP contribution >= 0.6 is 23.1 Å². The molecule has 2 heterocycles. The fraction of sp³-hybridized carbons (Fsp3) is 0.150. The molecule has 0 aliphatic carbocycles. The Morgan fingerprint density at radius 2 is 2.07 bits per heavy atom. The number of ether oxygens (including phenoxy) is 2. The van der Waals surface area contributed by atoms with E-state index in [1.165, 1.54) is 11.8 Å². The third kappa shape index (κ3) is 4.35. The molecule has 4 aromatic rings. The smallest absolute Gasteiger partial charge is 0.316 e. The molecule has 4 rings (SSSR count). The number of fused-ring (bicyclic) bond motifs is 1. The third-order valence-electron chi connectivity index (χ3n) is 3.88. The Kier molecular flexibility index (Phi) is 5.59.